The van der Waals surface area contributed by atoms with Crippen LogP contribution in [0.1, 0.15) is 11.1 Å². The summed E-state index contributed by atoms with van der Waals surface area (Å²) >= 11 is 1.41. The van der Waals surface area contributed by atoms with Crippen LogP contribution >= 0.6 is 11.3 Å². The van der Waals surface area contributed by atoms with E-state index in [-0.39, 0.29) is 6.03 Å². The number of carbonyl (C=O) groups excluding carboxylic acids is 1. The fourth-order valence-corrected chi connectivity index (χ4v) is 2.87. The van der Waals surface area contributed by atoms with E-state index in [1.807, 2.05) is 67.8 Å². The monoisotopic (exact) mass is 323 g/mol. The van der Waals surface area contributed by atoms with E-state index in [0.29, 0.717) is 5.13 Å². The second kappa shape index (κ2) is 6.62. The first-order valence-corrected chi connectivity index (χ1v) is 8.16. The minimum absolute atomic E-state index is 0.288. The molecule has 0 saturated carbocycles. The smallest absolute Gasteiger partial charge is 0.307 e. The maximum Gasteiger partial charge on any atom is 0.325 e. The Hall–Kier alpha value is -2.66. The normalized spacial score (nSPS) is 10.3. The second-order valence-corrected chi connectivity index (χ2v) is 6.16. The van der Waals surface area contributed by atoms with Gasteiger partial charge in [0, 0.05) is 16.6 Å². The highest BCUT2D eigenvalue weighted by Crippen LogP contribution is 2.25. The van der Waals surface area contributed by atoms with Gasteiger partial charge in [-0.3, -0.25) is 5.32 Å². The van der Waals surface area contributed by atoms with Crippen LogP contribution in [0.25, 0.3) is 11.3 Å². The lowest BCUT2D eigenvalue weighted by atomic mass is 10.1. The van der Waals surface area contributed by atoms with Gasteiger partial charge < -0.3 is 5.32 Å². The number of thiazole rings is 1. The van der Waals surface area contributed by atoms with Crippen molar-refractivity contribution in [2.75, 3.05) is 10.6 Å². The number of carbonyl (C=O) groups is 1. The second-order valence-electron chi connectivity index (χ2n) is 5.30. The molecular formula is C18H17N3OS. The average Bonchev–Trinajstić information content (AvgIpc) is 2.98. The number of aromatic nitrogens is 1. The molecule has 3 rings (SSSR count). The molecule has 0 aliphatic rings. The van der Waals surface area contributed by atoms with Crippen molar-refractivity contribution in [3.05, 3.63) is 65.0 Å². The van der Waals surface area contributed by atoms with Gasteiger partial charge in [-0.1, -0.05) is 48.0 Å². The first kappa shape index (κ1) is 15.2. The number of amides is 2. The summed E-state index contributed by atoms with van der Waals surface area (Å²) in [6.07, 6.45) is 0. The summed E-state index contributed by atoms with van der Waals surface area (Å²) in [5.74, 6) is 0. The number of urea groups is 1. The third kappa shape index (κ3) is 3.76. The van der Waals surface area contributed by atoms with Crippen molar-refractivity contribution >= 4 is 28.2 Å². The first-order chi connectivity index (χ1) is 11.1. The molecule has 3 aromatic rings. The molecule has 5 heteroatoms. The molecule has 2 amide bonds. The predicted molar refractivity (Wildman–Crippen MR) is 96.1 cm³/mol. The predicted octanol–water partition coefficient (Wildman–Crippen LogP) is 5.07. The highest BCUT2D eigenvalue weighted by atomic mass is 32.1. The summed E-state index contributed by atoms with van der Waals surface area (Å²) < 4.78 is 0. The quantitative estimate of drug-likeness (QED) is 0.707. The van der Waals surface area contributed by atoms with Crippen LogP contribution < -0.4 is 10.6 Å². The average molecular weight is 323 g/mol. The first-order valence-electron chi connectivity index (χ1n) is 7.28. The molecule has 2 N–H and O–H groups in total. The summed E-state index contributed by atoms with van der Waals surface area (Å²) in [4.78, 5) is 16.5. The van der Waals surface area contributed by atoms with Gasteiger partial charge in [-0.15, -0.1) is 11.3 Å². The number of para-hydroxylation sites is 1. The molecule has 2 aromatic carbocycles. The molecule has 0 spiro atoms. The van der Waals surface area contributed by atoms with Crippen LogP contribution in [0.2, 0.25) is 0 Å². The van der Waals surface area contributed by atoms with Crippen LogP contribution in [-0.2, 0) is 0 Å². The number of aryl methyl sites for hydroxylation is 2. The van der Waals surface area contributed by atoms with Crippen molar-refractivity contribution in [2.45, 2.75) is 13.8 Å². The molecule has 1 aromatic heterocycles. The number of hydrogen-bond acceptors (Lipinski definition) is 3. The zero-order valence-corrected chi connectivity index (χ0v) is 13.8. The SMILES string of the molecule is Cc1ccc(-c2csc(NC(=O)Nc3ccccc3C)n2)cc1. The fraction of sp³-hybridized carbons (Fsp3) is 0.111. The van der Waals surface area contributed by atoms with Gasteiger partial charge in [-0.2, -0.15) is 0 Å². The summed E-state index contributed by atoms with van der Waals surface area (Å²) in [7, 11) is 0. The Kier molecular flexibility index (Phi) is 4.39. The Bertz CT molecular complexity index is 824. The molecular weight excluding hydrogens is 306 g/mol. The standard InChI is InChI=1S/C18H17N3OS/c1-12-7-9-14(10-8-12)16-11-23-18(20-16)21-17(22)19-15-6-4-3-5-13(15)2/h3-11H,1-2H3,(H2,19,20,21,22). The Morgan fingerprint density at radius 3 is 2.48 bits per heavy atom. The molecule has 0 aliphatic heterocycles. The summed E-state index contributed by atoms with van der Waals surface area (Å²) in [5.41, 5.74) is 4.92. The van der Waals surface area contributed by atoms with Crippen molar-refractivity contribution < 1.29 is 4.79 Å². The van der Waals surface area contributed by atoms with Gasteiger partial charge in [0.1, 0.15) is 0 Å². The van der Waals surface area contributed by atoms with Crippen LogP contribution in [0.4, 0.5) is 15.6 Å². The van der Waals surface area contributed by atoms with Crippen LogP contribution in [0.3, 0.4) is 0 Å². The minimum atomic E-state index is -0.288. The van der Waals surface area contributed by atoms with Crippen molar-refractivity contribution in [3.8, 4) is 11.3 Å². The van der Waals surface area contributed by atoms with Crippen LogP contribution in [0.5, 0.6) is 0 Å². The third-order valence-electron chi connectivity index (χ3n) is 3.47. The number of rotatable bonds is 3. The van der Waals surface area contributed by atoms with Crippen LogP contribution in [0, 0.1) is 13.8 Å². The van der Waals surface area contributed by atoms with E-state index < -0.39 is 0 Å². The number of anilines is 2. The van der Waals surface area contributed by atoms with E-state index in [0.717, 1.165) is 22.5 Å². The Morgan fingerprint density at radius 2 is 1.74 bits per heavy atom. The minimum Gasteiger partial charge on any atom is -0.307 e. The Labute approximate surface area is 139 Å². The largest absolute Gasteiger partial charge is 0.325 e. The maximum absolute atomic E-state index is 12.1. The van der Waals surface area contributed by atoms with E-state index in [1.54, 1.807) is 0 Å². The molecule has 4 nitrogen and oxygen atoms in total. The Morgan fingerprint density at radius 1 is 1.00 bits per heavy atom. The van der Waals surface area contributed by atoms with Gasteiger partial charge in [-0.05, 0) is 25.5 Å². The molecule has 0 bridgehead atoms. The number of nitrogens with zero attached hydrogens (tertiary/aromatic N) is 1. The topological polar surface area (TPSA) is 54.0 Å². The molecule has 23 heavy (non-hydrogen) atoms. The van der Waals surface area contributed by atoms with E-state index in [1.165, 1.54) is 16.9 Å². The Balaban J connectivity index is 1.68. The summed E-state index contributed by atoms with van der Waals surface area (Å²) in [6, 6.07) is 15.5. The highest BCUT2D eigenvalue weighted by molar-refractivity contribution is 7.14. The third-order valence-corrected chi connectivity index (χ3v) is 4.22. The van der Waals surface area contributed by atoms with Crippen LogP contribution in [0.15, 0.2) is 53.9 Å². The molecule has 0 unspecified atom stereocenters. The lowest BCUT2D eigenvalue weighted by Crippen LogP contribution is -2.19. The molecule has 0 radical (unpaired) electrons. The van der Waals surface area contributed by atoms with Gasteiger partial charge in [0.05, 0.1) is 5.69 Å². The highest BCUT2D eigenvalue weighted by Gasteiger charge is 2.09. The van der Waals surface area contributed by atoms with Gasteiger partial charge in [0.2, 0.25) is 0 Å². The van der Waals surface area contributed by atoms with Gasteiger partial charge in [0.15, 0.2) is 5.13 Å². The molecule has 1 heterocycles. The molecule has 0 atom stereocenters. The van der Waals surface area contributed by atoms with E-state index >= 15 is 0 Å². The zero-order chi connectivity index (χ0) is 16.2. The zero-order valence-electron chi connectivity index (χ0n) is 13.0. The van der Waals surface area contributed by atoms with Crippen molar-refractivity contribution in [2.24, 2.45) is 0 Å². The van der Waals surface area contributed by atoms with Gasteiger partial charge >= 0.3 is 6.03 Å². The lowest BCUT2D eigenvalue weighted by molar-refractivity contribution is 0.262. The van der Waals surface area contributed by atoms with Crippen molar-refractivity contribution in [1.29, 1.82) is 0 Å². The fourth-order valence-electron chi connectivity index (χ4n) is 2.15. The summed E-state index contributed by atoms with van der Waals surface area (Å²) in [5, 5.41) is 8.12. The van der Waals surface area contributed by atoms with Crippen molar-refractivity contribution in [1.82, 2.24) is 4.98 Å². The maximum atomic E-state index is 12.1. The van der Waals surface area contributed by atoms with E-state index in [9.17, 15) is 4.79 Å². The molecule has 0 aliphatic carbocycles. The van der Waals surface area contributed by atoms with E-state index in [4.69, 9.17) is 0 Å². The lowest BCUT2D eigenvalue weighted by Gasteiger charge is -2.07. The van der Waals surface area contributed by atoms with Gasteiger partial charge in [-0.25, -0.2) is 9.78 Å². The number of nitrogens with one attached hydrogen (secondary N) is 2. The van der Waals surface area contributed by atoms with Gasteiger partial charge in [0.25, 0.3) is 0 Å². The number of benzene rings is 2. The van der Waals surface area contributed by atoms with E-state index in [2.05, 4.69) is 15.6 Å². The molecule has 0 saturated heterocycles. The molecule has 116 valence electrons. The summed E-state index contributed by atoms with van der Waals surface area (Å²) in [6.45, 7) is 4.00. The molecule has 0 fully saturated rings. The number of hydrogen-bond donors (Lipinski definition) is 2. The van der Waals surface area contributed by atoms with Crippen molar-refractivity contribution in [3.63, 3.8) is 0 Å². The van der Waals surface area contributed by atoms with Crippen LogP contribution in [-0.4, -0.2) is 11.0 Å².